The van der Waals surface area contributed by atoms with E-state index in [9.17, 15) is 29.7 Å². The number of phenols is 2. The fourth-order valence-electron chi connectivity index (χ4n) is 2.44. The minimum Gasteiger partial charge on any atom is -0.508 e. The van der Waals surface area contributed by atoms with E-state index in [4.69, 9.17) is 0 Å². The Hall–Kier alpha value is -1.85. The van der Waals surface area contributed by atoms with Crippen LogP contribution in [0.3, 0.4) is 0 Å². The van der Waals surface area contributed by atoms with Crippen molar-refractivity contribution >= 4 is 12.9 Å². The van der Waals surface area contributed by atoms with Crippen molar-refractivity contribution in [3.63, 3.8) is 0 Å². The lowest BCUT2D eigenvalue weighted by atomic mass is 10.0. The summed E-state index contributed by atoms with van der Waals surface area (Å²) < 4.78 is 11.5. The highest BCUT2D eigenvalue weighted by Crippen LogP contribution is 2.38. The van der Waals surface area contributed by atoms with E-state index in [1.165, 1.54) is 12.1 Å². The summed E-state index contributed by atoms with van der Waals surface area (Å²) in [4.78, 5) is 18.7. The van der Waals surface area contributed by atoms with Crippen LogP contribution in [-0.2, 0) is 11.0 Å². The summed E-state index contributed by atoms with van der Waals surface area (Å²) in [6.07, 6.45) is 0.338. The van der Waals surface area contributed by atoms with Crippen molar-refractivity contribution in [3.05, 3.63) is 53.6 Å². The Labute approximate surface area is 133 Å². The molecule has 0 aliphatic rings. The number of aryl methyl sites for hydroxylation is 1. The first-order valence-corrected chi connectivity index (χ1v) is 8.73. The molecule has 0 fully saturated rings. The molecular formula is C16H19O6P. The van der Waals surface area contributed by atoms with Gasteiger partial charge in [-0.3, -0.25) is 4.57 Å². The number of aliphatic hydroxyl groups excluding tert-OH is 1. The molecule has 23 heavy (non-hydrogen) atoms. The summed E-state index contributed by atoms with van der Waals surface area (Å²) in [5.41, 5.74) is 0.942. The molecule has 124 valence electrons. The summed E-state index contributed by atoms with van der Waals surface area (Å²) >= 11 is 0. The summed E-state index contributed by atoms with van der Waals surface area (Å²) in [5.74, 6) is 0.00375. The highest BCUT2D eigenvalue weighted by molar-refractivity contribution is 7.60. The Balaban J connectivity index is 2.07. The van der Waals surface area contributed by atoms with Crippen LogP contribution >= 0.6 is 7.60 Å². The van der Waals surface area contributed by atoms with Gasteiger partial charge in [-0.15, -0.1) is 0 Å². The van der Waals surface area contributed by atoms with Gasteiger partial charge in [-0.1, -0.05) is 12.1 Å². The van der Waals surface area contributed by atoms with E-state index in [0.717, 1.165) is 11.6 Å². The maximum atomic E-state index is 11.5. The molecule has 0 spiro atoms. The molecule has 0 heterocycles. The summed E-state index contributed by atoms with van der Waals surface area (Å²) in [7, 11) is -4.53. The van der Waals surface area contributed by atoms with Crippen molar-refractivity contribution in [1.82, 2.24) is 0 Å². The number of phenolic OH excluding ortho intramolecular Hbond substituents is 2. The average molecular weight is 338 g/mol. The molecule has 0 aliphatic carbocycles. The minimum atomic E-state index is -4.53. The smallest absolute Gasteiger partial charge is 0.356 e. The van der Waals surface area contributed by atoms with Crippen LogP contribution < -0.4 is 5.30 Å². The van der Waals surface area contributed by atoms with Crippen LogP contribution in [0.25, 0.3) is 0 Å². The molecule has 2 aromatic carbocycles. The Morgan fingerprint density at radius 2 is 1.70 bits per heavy atom. The second kappa shape index (κ2) is 7.15. The molecule has 1 unspecified atom stereocenters. The van der Waals surface area contributed by atoms with Crippen molar-refractivity contribution < 1.29 is 29.7 Å². The molecule has 1 atom stereocenters. The van der Waals surface area contributed by atoms with Gasteiger partial charge >= 0.3 is 7.60 Å². The van der Waals surface area contributed by atoms with Crippen molar-refractivity contribution in [2.45, 2.75) is 25.4 Å². The number of hydrogen-bond donors (Lipinski definition) is 5. The van der Waals surface area contributed by atoms with Gasteiger partial charge in [0.1, 0.15) is 11.5 Å². The van der Waals surface area contributed by atoms with E-state index in [2.05, 4.69) is 0 Å². The molecule has 0 amide bonds. The lowest BCUT2D eigenvalue weighted by Gasteiger charge is -2.16. The maximum absolute atomic E-state index is 11.5. The van der Waals surface area contributed by atoms with Gasteiger partial charge in [-0.2, -0.15) is 0 Å². The lowest BCUT2D eigenvalue weighted by molar-refractivity contribution is 0.165. The van der Waals surface area contributed by atoms with Gasteiger partial charge in [0.05, 0.1) is 11.4 Å². The van der Waals surface area contributed by atoms with E-state index in [1.54, 1.807) is 18.2 Å². The van der Waals surface area contributed by atoms with E-state index >= 15 is 0 Å². The number of rotatable bonds is 6. The topological polar surface area (TPSA) is 118 Å². The van der Waals surface area contributed by atoms with E-state index in [-0.39, 0.29) is 28.8 Å². The average Bonchev–Trinajstić information content (AvgIpc) is 2.46. The van der Waals surface area contributed by atoms with Gasteiger partial charge in [0.15, 0.2) is 0 Å². The van der Waals surface area contributed by atoms with Gasteiger partial charge in [-0.25, -0.2) is 0 Å². The monoisotopic (exact) mass is 338 g/mol. The molecule has 2 rings (SSSR count). The summed E-state index contributed by atoms with van der Waals surface area (Å²) in [5, 5.41) is 28.8. The van der Waals surface area contributed by atoms with Crippen LogP contribution in [0, 0.1) is 0 Å². The molecule has 0 aliphatic heterocycles. The highest BCUT2D eigenvalue weighted by Gasteiger charge is 2.25. The van der Waals surface area contributed by atoms with Gasteiger partial charge in [0.25, 0.3) is 0 Å². The molecule has 7 heteroatoms. The standard InChI is InChI=1S/C16H19O6P/c17-12-5-1-3-11(9-12)4-2-6-15(19)14-10-13(18)7-8-16(14)23(20,21)22/h1,3,5,7-10,15,17-19H,2,4,6H2,(H2,20,21,22). The first kappa shape index (κ1) is 17.5. The van der Waals surface area contributed by atoms with Crippen LogP contribution in [0.2, 0.25) is 0 Å². The highest BCUT2D eigenvalue weighted by atomic mass is 31.2. The van der Waals surface area contributed by atoms with Gasteiger partial charge < -0.3 is 25.1 Å². The number of aliphatic hydroxyl groups is 1. The fraction of sp³-hybridized carbons (Fsp3) is 0.250. The third kappa shape index (κ3) is 4.81. The number of aromatic hydroxyl groups is 2. The molecule has 6 nitrogen and oxygen atoms in total. The normalized spacial score (nSPS) is 13.0. The van der Waals surface area contributed by atoms with Crippen LogP contribution in [-0.4, -0.2) is 25.1 Å². The SMILES string of the molecule is O=P(O)(O)c1ccc(O)cc1C(O)CCCc1cccc(O)c1. The zero-order valence-electron chi connectivity index (χ0n) is 12.3. The molecular weight excluding hydrogens is 319 g/mol. The lowest BCUT2D eigenvalue weighted by Crippen LogP contribution is -2.15. The molecule has 0 saturated carbocycles. The predicted molar refractivity (Wildman–Crippen MR) is 85.8 cm³/mol. The first-order chi connectivity index (χ1) is 10.8. The number of benzene rings is 2. The Morgan fingerprint density at radius 3 is 2.35 bits per heavy atom. The largest absolute Gasteiger partial charge is 0.508 e. The molecule has 5 N–H and O–H groups in total. The van der Waals surface area contributed by atoms with Crippen molar-refractivity contribution in [3.8, 4) is 11.5 Å². The Kier molecular flexibility index (Phi) is 5.44. The van der Waals surface area contributed by atoms with E-state index < -0.39 is 13.7 Å². The molecule has 0 radical (unpaired) electrons. The second-order valence-corrected chi connectivity index (χ2v) is 6.93. The molecule has 0 aromatic heterocycles. The first-order valence-electron chi connectivity index (χ1n) is 7.12. The van der Waals surface area contributed by atoms with Gasteiger partial charge in [0.2, 0.25) is 0 Å². The van der Waals surface area contributed by atoms with Gasteiger partial charge in [-0.05, 0) is 60.7 Å². The van der Waals surface area contributed by atoms with Crippen LogP contribution in [0.5, 0.6) is 11.5 Å². The Morgan fingerprint density at radius 1 is 1.00 bits per heavy atom. The van der Waals surface area contributed by atoms with E-state index in [0.29, 0.717) is 12.8 Å². The summed E-state index contributed by atoms with van der Waals surface area (Å²) in [6.45, 7) is 0. The quantitative estimate of drug-likeness (QED) is 0.514. The zero-order chi connectivity index (χ0) is 17.0. The van der Waals surface area contributed by atoms with Crippen LogP contribution in [0.1, 0.15) is 30.1 Å². The van der Waals surface area contributed by atoms with Crippen molar-refractivity contribution in [1.29, 1.82) is 0 Å². The minimum absolute atomic E-state index is 0.0363. The van der Waals surface area contributed by atoms with E-state index in [1.807, 2.05) is 6.07 Å². The Bertz CT molecular complexity index is 724. The molecule has 0 saturated heterocycles. The van der Waals surface area contributed by atoms with Gasteiger partial charge in [0, 0.05) is 0 Å². The molecule has 0 bridgehead atoms. The second-order valence-electron chi connectivity index (χ2n) is 5.37. The zero-order valence-corrected chi connectivity index (χ0v) is 13.2. The fourth-order valence-corrected chi connectivity index (χ4v) is 3.26. The number of hydrogen-bond acceptors (Lipinski definition) is 4. The van der Waals surface area contributed by atoms with Crippen LogP contribution in [0.15, 0.2) is 42.5 Å². The van der Waals surface area contributed by atoms with Crippen molar-refractivity contribution in [2.24, 2.45) is 0 Å². The molecule has 2 aromatic rings. The van der Waals surface area contributed by atoms with Crippen molar-refractivity contribution in [2.75, 3.05) is 0 Å². The third-order valence-corrected chi connectivity index (χ3v) is 4.57. The predicted octanol–water partition coefficient (Wildman–Crippen LogP) is 1.96. The third-order valence-electron chi connectivity index (χ3n) is 3.54. The summed E-state index contributed by atoms with van der Waals surface area (Å²) in [6, 6.07) is 10.2. The van der Waals surface area contributed by atoms with Crippen LogP contribution in [0.4, 0.5) is 0 Å². The maximum Gasteiger partial charge on any atom is 0.356 e.